The Morgan fingerprint density at radius 2 is 2.22 bits per heavy atom. The molecule has 0 radical (unpaired) electrons. The molecule has 1 amide bonds. The van der Waals surface area contributed by atoms with Crippen LogP contribution >= 0.6 is 11.6 Å². The van der Waals surface area contributed by atoms with Crippen LogP contribution in [0.5, 0.6) is 17.4 Å². The molecule has 0 bridgehead atoms. The predicted molar refractivity (Wildman–Crippen MR) is 130 cm³/mol. The number of halogens is 1. The number of nitriles is 1. The third kappa shape index (κ3) is 4.92. The molecule has 0 aliphatic carbocycles. The highest BCUT2D eigenvalue weighted by atomic mass is 35.5. The van der Waals surface area contributed by atoms with E-state index in [0.29, 0.717) is 17.9 Å². The van der Waals surface area contributed by atoms with Gasteiger partial charge in [-0.2, -0.15) is 10.2 Å². The number of alkyl halides is 1. The van der Waals surface area contributed by atoms with E-state index in [9.17, 15) is 18.3 Å². The second-order valence-corrected chi connectivity index (χ2v) is 10.2. The smallest absolute Gasteiger partial charge is 0.306 e. The number of carbonyl (C=O) groups is 1. The predicted octanol–water partition coefficient (Wildman–Crippen LogP) is 1.92. The van der Waals surface area contributed by atoms with Gasteiger partial charge in [-0.15, -0.1) is 11.6 Å². The molecular weight excluding hydrogens is 526 g/mol. The summed E-state index contributed by atoms with van der Waals surface area (Å²) in [6.07, 6.45) is 3.88. The van der Waals surface area contributed by atoms with Crippen LogP contribution in [0.1, 0.15) is 11.4 Å². The number of carbonyl (C=O) groups excluding carboxylic acids is 1. The van der Waals surface area contributed by atoms with Crippen molar-refractivity contribution < 1.29 is 27.5 Å². The molecule has 3 aromatic heterocycles. The number of pyridine rings is 2. The van der Waals surface area contributed by atoms with E-state index < -0.39 is 27.7 Å². The van der Waals surface area contributed by atoms with E-state index in [1.54, 1.807) is 11.0 Å². The Kier molecular flexibility index (Phi) is 6.42. The first-order chi connectivity index (χ1) is 17.8. The molecule has 0 saturated heterocycles. The third-order valence-corrected chi connectivity index (χ3v) is 7.13. The average molecular weight is 544 g/mol. The number of nitrogens with zero attached hydrogens (tertiary/aromatic N) is 6. The van der Waals surface area contributed by atoms with Crippen LogP contribution in [0.25, 0.3) is 0 Å². The minimum absolute atomic E-state index is 0.0411. The number of anilines is 3. The van der Waals surface area contributed by atoms with Gasteiger partial charge >= 0.3 is 12.0 Å². The van der Waals surface area contributed by atoms with E-state index in [1.165, 1.54) is 29.3 Å². The Labute approximate surface area is 215 Å². The van der Waals surface area contributed by atoms with Crippen LogP contribution < -0.4 is 19.9 Å². The normalized spacial score (nSPS) is 17.7. The van der Waals surface area contributed by atoms with Crippen molar-refractivity contribution in [1.29, 1.82) is 5.26 Å². The van der Waals surface area contributed by atoms with E-state index in [4.69, 9.17) is 26.0 Å². The van der Waals surface area contributed by atoms with Gasteiger partial charge in [-0.05, 0) is 18.2 Å². The molecule has 37 heavy (non-hydrogen) atoms. The Hall–Kier alpha value is -4.19. The van der Waals surface area contributed by atoms with Crippen LogP contribution in [0.4, 0.5) is 17.5 Å². The van der Waals surface area contributed by atoms with Gasteiger partial charge in [0.2, 0.25) is 5.91 Å². The number of hydrogen-bond acceptors (Lipinski definition) is 12. The lowest BCUT2D eigenvalue weighted by molar-refractivity contribution is -0.116. The molecular formula is C22H18ClN7O6S. The van der Waals surface area contributed by atoms with Crippen LogP contribution in [-0.4, -0.2) is 58.7 Å². The maximum atomic E-state index is 13.0. The van der Waals surface area contributed by atoms with Gasteiger partial charge in [-0.3, -0.25) is 19.9 Å². The molecule has 13 nitrogen and oxygen atoms in total. The van der Waals surface area contributed by atoms with Crippen LogP contribution in [0.3, 0.4) is 0 Å². The second kappa shape index (κ2) is 9.69. The van der Waals surface area contributed by atoms with Crippen molar-refractivity contribution in [2.75, 3.05) is 28.1 Å². The molecule has 1 atom stereocenters. The molecule has 2 N–H and O–H groups in total. The summed E-state index contributed by atoms with van der Waals surface area (Å²) in [6, 6.07) is 5.72. The van der Waals surface area contributed by atoms with E-state index >= 15 is 0 Å². The molecule has 0 saturated carbocycles. The molecule has 5 rings (SSSR count). The third-order valence-electron chi connectivity index (χ3n) is 5.52. The first kappa shape index (κ1) is 24.5. The number of oxazole rings is 1. The number of ether oxygens (including phenoxy) is 1. The number of nitrogens with one attached hydrogen (secondary N) is 1. The van der Waals surface area contributed by atoms with Gasteiger partial charge < -0.3 is 14.3 Å². The summed E-state index contributed by atoms with van der Waals surface area (Å²) in [7, 11) is -3.52. The minimum atomic E-state index is -3.52. The Morgan fingerprint density at radius 3 is 2.84 bits per heavy atom. The Bertz CT molecular complexity index is 1530. The quantitative estimate of drug-likeness (QED) is 0.432. The maximum Gasteiger partial charge on any atom is 0.306 e. The minimum Gasteiger partial charge on any atom is -0.480 e. The molecule has 0 spiro atoms. The molecule has 1 unspecified atom stereocenters. The van der Waals surface area contributed by atoms with Gasteiger partial charge in [-0.25, -0.2) is 18.4 Å². The average Bonchev–Trinajstić information content (AvgIpc) is 3.48. The first-order valence-electron chi connectivity index (χ1n) is 10.8. The van der Waals surface area contributed by atoms with E-state index in [2.05, 4.69) is 20.3 Å². The molecule has 2 aliphatic rings. The van der Waals surface area contributed by atoms with Crippen LogP contribution in [0.15, 0.2) is 46.5 Å². The van der Waals surface area contributed by atoms with Gasteiger partial charge in [0, 0.05) is 18.0 Å². The van der Waals surface area contributed by atoms with Crippen LogP contribution in [0.2, 0.25) is 0 Å². The van der Waals surface area contributed by atoms with Crippen molar-refractivity contribution >= 4 is 44.9 Å². The van der Waals surface area contributed by atoms with E-state index in [0.717, 1.165) is 11.6 Å². The second-order valence-electron chi connectivity index (χ2n) is 7.99. The summed E-state index contributed by atoms with van der Waals surface area (Å²) in [5.74, 6) is -1.36. The molecule has 15 heteroatoms. The zero-order chi connectivity index (χ0) is 26.2. The maximum absolute atomic E-state index is 13.0. The largest absolute Gasteiger partial charge is 0.480 e. The van der Waals surface area contributed by atoms with Gasteiger partial charge in [0.1, 0.15) is 29.6 Å². The van der Waals surface area contributed by atoms with Crippen molar-refractivity contribution in [2.24, 2.45) is 0 Å². The lowest BCUT2D eigenvalue weighted by Crippen LogP contribution is -2.43. The fraction of sp³-hybridized carbons (Fsp3) is 0.227. The lowest BCUT2D eigenvalue weighted by Gasteiger charge is -2.32. The number of aromatic hydroxyl groups is 1. The van der Waals surface area contributed by atoms with Crippen molar-refractivity contribution in [1.82, 2.24) is 20.3 Å². The monoisotopic (exact) mass is 543 g/mol. The highest BCUT2D eigenvalue weighted by molar-refractivity contribution is 7.94. The summed E-state index contributed by atoms with van der Waals surface area (Å²) in [6.45, 7) is 0.561. The van der Waals surface area contributed by atoms with Crippen molar-refractivity contribution in [3.63, 3.8) is 0 Å². The summed E-state index contributed by atoms with van der Waals surface area (Å²) >= 11 is 5.90. The fourth-order valence-corrected chi connectivity index (χ4v) is 5.32. The molecule has 2 aliphatic heterocycles. The summed E-state index contributed by atoms with van der Waals surface area (Å²) in [4.78, 5) is 28.5. The molecule has 5 heterocycles. The molecule has 3 aromatic rings. The highest BCUT2D eigenvalue weighted by Gasteiger charge is 2.35. The zero-order valence-electron chi connectivity index (χ0n) is 18.9. The summed E-state index contributed by atoms with van der Waals surface area (Å²) < 4.78 is 35.6. The van der Waals surface area contributed by atoms with E-state index in [-0.39, 0.29) is 47.4 Å². The number of amides is 1. The lowest BCUT2D eigenvalue weighted by atomic mass is 10.2. The van der Waals surface area contributed by atoms with Crippen molar-refractivity contribution in [3.05, 3.63) is 53.5 Å². The Morgan fingerprint density at radius 1 is 1.38 bits per heavy atom. The van der Waals surface area contributed by atoms with Crippen molar-refractivity contribution in [2.45, 2.75) is 12.6 Å². The number of aromatic nitrogens is 3. The highest BCUT2D eigenvalue weighted by Crippen LogP contribution is 2.41. The van der Waals surface area contributed by atoms with Gasteiger partial charge in [0.05, 0.1) is 36.0 Å². The van der Waals surface area contributed by atoms with Gasteiger partial charge in [-0.1, -0.05) is 0 Å². The van der Waals surface area contributed by atoms with Crippen molar-refractivity contribution in [3.8, 4) is 23.5 Å². The topological polar surface area (TPSA) is 175 Å². The van der Waals surface area contributed by atoms with Gasteiger partial charge in [0.25, 0.3) is 0 Å². The molecule has 0 aromatic carbocycles. The fourth-order valence-electron chi connectivity index (χ4n) is 3.93. The van der Waals surface area contributed by atoms with E-state index in [1.807, 2.05) is 6.07 Å². The number of sulfone groups is 1. The zero-order valence-corrected chi connectivity index (χ0v) is 20.5. The summed E-state index contributed by atoms with van der Waals surface area (Å²) in [5.41, 5.74) is 1.16. The summed E-state index contributed by atoms with van der Waals surface area (Å²) in [5, 5.41) is 22.9. The van der Waals surface area contributed by atoms with Gasteiger partial charge in [0.15, 0.2) is 21.4 Å². The number of rotatable bonds is 6. The molecule has 190 valence electrons. The van der Waals surface area contributed by atoms with Crippen LogP contribution in [-0.2, 0) is 21.2 Å². The number of fused-ring (bicyclic) bond motifs is 1. The SMILES string of the molecule is N#Cc1ccc(Oc2cc3c(nc2N(C(=O)CCl)C2C=CS(=O)(=O)C2)CNCN3c2ncc(O)o2)cn1. The first-order valence-corrected chi connectivity index (χ1v) is 13.0. The molecule has 0 fully saturated rings. The van der Waals surface area contributed by atoms with Crippen LogP contribution in [0, 0.1) is 11.3 Å². The Balaban J connectivity index is 1.65. The standard InChI is InChI=1S/C22H18ClN7O6S/c23-6-19(31)30(14-3-4-37(33,34)11-14)21-18(35-15-2-1-13(7-24)26-8-15)5-17-16(28-21)9-25-12-29(17)22-27-10-20(32)36-22/h1-5,8,10,14,25,32H,6,9,11-12H2. The number of hydrogen-bond donors (Lipinski definition) is 2.